The minimum Gasteiger partial charge on any atom is -0.465 e. The van der Waals surface area contributed by atoms with Crippen molar-refractivity contribution in [2.45, 2.75) is 68.9 Å². The summed E-state index contributed by atoms with van der Waals surface area (Å²) in [6, 6.07) is 18.3. The number of nitrogens with zero attached hydrogens (tertiary/aromatic N) is 1. The van der Waals surface area contributed by atoms with E-state index in [1.54, 1.807) is 23.1 Å². The van der Waals surface area contributed by atoms with Crippen molar-refractivity contribution in [1.29, 1.82) is 0 Å². The van der Waals surface area contributed by atoms with Gasteiger partial charge in [-0.2, -0.15) is 11.8 Å². The van der Waals surface area contributed by atoms with E-state index in [9.17, 15) is 19.2 Å². The third-order valence-corrected chi connectivity index (χ3v) is 10.3. The van der Waals surface area contributed by atoms with Crippen LogP contribution >= 0.6 is 11.8 Å². The van der Waals surface area contributed by atoms with Crippen LogP contribution in [0.15, 0.2) is 66.7 Å². The van der Waals surface area contributed by atoms with Crippen LogP contribution in [0.3, 0.4) is 0 Å². The van der Waals surface area contributed by atoms with Crippen LogP contribution in [-0.4, -0.2) is 58.8 Å². The third-order valence-electron chi connectivity index (χ3n) is 8.98. The molecule has 236 valence electrons. The van der Waals surface area contributed by atoms with Crippen molar-refractivity contribution in [2.75, 3.05) is 18.7 Å². The second-order valence-electron chi connectivity index (χ2n) is 12.1. The topological polar surface area (TPSA) is 131 Å². The Balaban J connectivity index is 1.39. The molecule has 0 radical (unpaired) electrons. The van der Waals surface area contributed by atoms with Crippen molar-refractivity contribution in [1.82, 2.24) is 10.2 Å². The molecule has 5 rings (SSSR count). The van der Waals surface area contributed by atoms with Gasteiger partial charge in [-0.15, -0.1) is 0 Å². The Morgan fingerprint density at radius 1 is 0.978 bits per heavy atom. The number of nitrogens with two attached hydrogens (primary N) is 1. The Morgan fingerprint density at radius 3 is 2.40 bits per heavy atom. The third kappa shape index (κ3) is 6.92. The summed E-state index contributed by atoms with van der Waals surface area (Å²) in [6.07, 6.45) is 5.06. The van der Waals surface area contributed by atoms with Crippen LogP contribution in [0.5, 0.6) is 0 Å². The Hall–Kier alpha value is -4.15. The molecule has 45 heavy (non-hydrogen) atoms. The van der Waals surface area contributed by atoms with Gasteiger partial charge in [-0.3, -0.25) is 14.4 Å². The van der Waals surface area contributed by atoms with E-state index in [-0.39, 0.29) is 30.3 Å². The van der Waals surface area contributed by atoms with Crippen molar-refractivity contribution in [3.8, 4) is 0 Å². The fraction of sp³-hybridized carbons (Fsp3) is 0.371. The molecule has 2 aliphatic rings. The fourth-order valence-electron chi connectivity index (χ4n) is 5.98. The molecule has 1 unspecified atom stereocenters. The number of carbonyl (C=O) groups is 4. The average Bonchev–Trinajstić information content (AvgIpc) is 3.06. The minimum atomic E-state index is -0.824. The molecule has 3 atom stereocenters. The van der Waals surface area contributed by atoms with Crippen molar-refractivity contribution in [3.05, 3.63) is 100 Å². The van der Waals surface area contributed by atoms with E-state index in [4.69, 9.17) is 10.5 Å². The zero-order chi connectivity index (χ0) is 32.3. The minimum absolute atomic E-state index is 0.114. The summed E-state index contributed by atoms with van der Waals surface area (Å²) in [6.45, 7) is 4.04. The lowest BCUT2D eigenvalue weighted by molar-refractivity contribution is -0.143. The molecular weight excluding hydrogens is 588 g/mol. The van der Waals surface area contributed by atoms with E-state index in [1.165, 1.54) is 36.6 Å². The second kappa shape index (κ2) is 13.5. The first-order valence-electron chi connectivity index (χ1n) is 15.1. The number of benzene rings is 3. The van der Waals surface area contributed by atoms with Crippen molar-refractivity contribution < 1.29 is 23.9 Å². The molecule has 0 spiro atoms. The number of nitrogens with one attached hydrogen (secondary N) is 2. The number of methoxy groups -OCH3 is 1. The highest BCUT2D eigenvalue weighted by Crippen LogP contribution is 2.33. The lowest BCUT2D eigenvalue weighted by Gasteiger charge is -2.41. The highest BCUT2D eigenvalue weighted by molar-refractivity contribution is 8.00. The molecule has 1 heterocycles. The van der Waals surface area contributed by atoms with Gasteiger partial charge in [0.25, 0.3) is 5.91 Å². The van der Waals surface area contributed by atoms with Crippen molar-refractivity contribution in [2.24, 2.45) is 5.73 Å². The Morgan fingerprint density at radius 2 is 1.69 bits per heavy atom. The molecule has 0 aromatic heterocycles. The van der Waals surface area contributed by atoms with Gasteiger partial charge in [-0.25, -0.2) is 4.79 Å². The molecular formula is C35H40N4O5S. The SMILES string of the molecule is COC(=O)c1ccc(C(=O)Nc2ccc3c(c2)CN(C(=O)C(N)C(C)(C)SC)[C@H](C(=O)N[C@@H]2CCCc4ccccc42)C3)cc1. The van der Waals surface area contributed by atoms with Gasteiger partial charge in [0, 0.05) is 29.0 Å². The summed E-state index contributed by atoms with van der Waals surface area (Å²) in [5.41, 5.74) is 12.0. The maximum absolute atomic E-state index is 14.0. The number of aryl methyl sites for hydroxylation is 1. The largest absolute Gasteiger partial charge is 0.465 e. The van der Waals surface area contributed by atoms with Gasteiger partial charge in [-0.05, 0) is 98.0 Å². The molecule has 0 saturated heterocycles. The first-order valence-corrected chi connectivity index (χ1v) is 16.4. The first kappa shape index (κ1) is 32.2. The van der Waals surface area contributed by atoms with Crippen molar-refractivity contribution >= 4 is 41.1 Å². The van der Waals surface area contributed by atoms with Gasteiger partial charge in [0.15, 0.2) is 0 Å². The van der Waals surface area contributed by atoms with Gasteiger partial charge in [-0.1, -0.05) is 30.3 Å². The summed E-state index contributed by atoms with van der Waals surface area (Å²) in [5, 5.41) is 6.16. The molecule has 1 aliphatic carbocycles. The molecule has 3 aromatic carbocycles. The van der Waals surface area contributed by atoms with Gasteiger partial charge in [0.2, 0.25) is 11.8 Å². The van der Waals surface area contributed by atoms with Crippen molar-refractivity contribution in [3.63, 3.8) is 0 Å². The lowest BCUT2D eigenvalue weighted by Crippen LogP contribution is -2.60. The normalized spacial score (nSPS) is 18.2. The van der Waals surface area contributed by atoms with Crippen LogP contribution in [-0.2, 0) is 33.7 Å². The number of hydrogen-bond acceptors (Lipinski definition) is 7. The zero-order valence-electron chi connectivity index (χ0n) is 26.1. The van der Waals surface area contributed by atoms with E-state index in [1.807, 2.05) is 44.4 Å². The van der Waals surface area contributed by atoms with Crippen LogP contribution < -0.4 is 16.4 Å². The number of amides is 3. The second-order valence-corrected chi connectivity index (χ2v) is 13.6. The molecule has 0 saturated carbocycles. The van der Waals surface area contributed by atoms with Gasteiger partial charge in [0.05, 0.1) is 24.8 Å². The van der Waals surface area contributed by atoms with E-state index in [0.717, 1.165) is 36.0 Å². The first-order chi connectivity index (χ1) is 21.5. The average molecular weight is 629 g/mol. The standard InChI is InChI=1S/C35H40N4O5S/c1-35(2,45-4)30(36)33(42)39-20-25-18-26(37-31(40)22-12-14-23(15-13-22)34(43)44-3)17-16-24(25)19-29(39)32(41)38-28-11-7-9-21-8-5-6-10-27(21)28/h5-6,8,10,12-18,28-30H,7,9,11,19-20,36H2,1-4H3,(H,37,40)(H,38,41)/t28-,29+,30?/m1/s1. The molecule has 0 bridgehead atoms. The van der Waals surface area contributed by atoms with Gasteiger partial charge >= 0.3 is 5.97 Å². The van der Waals surface area contributed by atoms with Crippen LogP contribution in [0.1, 0.15) is 75.7 Å². The number of thioether (sulfide) groups is 1. The number of esters is 1. The van der Waals surface area contributed by atoms with Crippen LogP contribution in [0.25, 0.3) is 0 Å². The number of ether oxygens (including phenoxy) is 1. The molecule has 3 aromatic rings. The molecule has 9 nitrogen and oxygen atoms in total. The van der Waals surface area contributed by atoms with Gasteiger partial charge < -0.3 is 26.0 Å². The number of rotatable bonds is 8. The Kier molecular flexibility index (Phi) is 9.65. The number of fused-ring (bicyclic) bond motifs is 2. The Labute approximate surface area is 268 Å². The fourth-order valence-corrected chi connectivity index (χ4v) is 6.34. The molecule has 3 amide bonds. The summed E-state index contributed by atoms with van der Waals surface area (Å²) in [7, 11) is 1.30. The zero-order valence-corrected chi connectivity index (χ0v) is 26.9. The highest BCUT2D eigenvalue weighted by atomic mass is 32.2. The lowest BCUT2D eigenvalue weighted by atomic mass is 9.87. The quantitative estimate of drug-likeness (QED) is 0.310. The highest BCUT2D eigenvalue weighted by Gasteiger charge is 2.41. The predicted molar refractivity (Wildman–Crippen MR) is 176 cm³/mol. The van der Waals surface area contributed by atoms with Crippen LogP contribution in [0.4, 0.5) is 5.69 Å². The smallest absolute Gasteiger partial charge is 0.337 e. The predicted octanol–water partition coefficient (Wildman–Crippen LogP) is 4.64. The summed E-state index contributed by atoms with van der Waals surface area (Å²) < 4.78 is 4.18. The van der Waals surface area contributed by atoms with E-state index in [2.05, 4.69) is 22.8 Å². The summed E-state index contributed by atoms with van der Waals surface area (Å²) in [4.78, 5) is 54.3. The molecule has 4 N–H and O–H groups in total. The maximum atomic E-state index is 14.0. The molecule has 1 aliphatic heterocycles. The summed E-state index contributed by atoms with van der Waals surface area (Å²) in [5.74, 6) is -1.31. The van der Waals surface area contributed by atoms with Gasteiger partial charge in [0.1, 0.15) is 6.04 Å². The van der Waals surface area contributed by atoms with E-state index < -0.39 is 22.8 Å². The number of carbonyl (C=O) groups excluding carboxylic acids is 4. The maximum Gasteiger partial charge on any atom is 0.337 e. The van der Waals surface area contributed by atoms with Crippen LogP contribution in [0, 0.1) is 0 Å². The monoisotopic (exact) mass is 628 g/mol. The number of hydrogen-bond donors (Lipinski definition) is 3. The molecule has 10 heteroatoms. The Bertz CT molecular complexity index is 1610. The van der Waals surface area contributed by atoms with E-state index >= 15 is 0 Å². The van der Waals surface area contributed by atoms with E-state index in [0.29, 0.717) is 23.2 Å². The van der Waals surface area contributed by atoms with Crippen LogP contribution in [0.2, 0.25) is 0 Å². The summed E-state index contributed by atoms with van der Waals surface area (Å²) >= 11 is 1.51. The molecule has 0 fully saturated rings. The number of anilines is 1.